The first-order valence-electron chi connectivity index (χ1n) is 8.45. The molecule has 0 saturated carbocycles. The Labute approximate surface area is 162 Å². The summed E-state index contributed by atoms with van der Waals surface area (Å²) in [7, 11) is 0.785. The molecule has 0 aliphatic rings. The summed E-state index contributed by atoms with van der Waals surface area (Å²) in [5, 5.41) is 1.95. The molecule has 0 bridgehead atoms. The second-order valence-electron chi connectivity index (χ2n) is 7.98. The van der Waals surface area contributed by atoms with Gasteiger partial charge in [0.05, 0.1) is 12.8 Å². The van der Waals surface area contributed by atoms with Crippen LogP contribution in [0.3, 0.4) is 0 Å². The molecule has 10 heteroatoms. The summed E-state index contributed by atoms with van der Waals surface area (Å²) in [6.45, 7) is 9.45. The van der Waals surface area contributed by atoms with Crippen molar-refractivity contribution in [1.82, 2.24) is 9.88 Å². The fraction of sp³-hybridized carbons (Fsp3) is 0.611. The van der Waals surface area contributed by atoms with Gasteiger partial charge in [0.1, 0.15) is 17.2 Å². The van der Waals surface area contributed by atoms with E-state index in [1.807, 2.05) is 5.32 Å². The van der Waals surface area contributed by atoms with Crippen molar-refractivity contribution in [2.24, 2.45) is 0 Å². The van der Waals surface area contributed by atoms with Crippen molar-refractivity contribution in [3.63, 3.8) is 0 Å². The maximum atomic E-state index is 14.7. The smallest absolute Gasteiger partial charge is 0.418 e. The zero-order chi connectivity index (χ0) is 21.9. The molecule has 0 aliphatic heterocycles. The third-order valence-electron chi connectivity index (χ3n) is 3.15. The lowest BCUT2D eigenvalue weighted by Crippen LogP contribution is -2.48. The minimum Gasteiger partial charge on any atom is -0.465 e. The average molecular weight is 404 g/mol. The van der Waals surface area contributed by atoms with Gasteiger partial charge in [0.25, 0.3) is 0 Å². The maximum Gasteiger partial charge on any atom is 0.418 e. The number of hydrogen-bond acceptors (Lipinski definition) is 6. The van der Waals surface area contributed by atoms with Gasteiger partial charge in [-0.3, -0.25) is 4.57 Å². The molecule has 1 rings (SSSR count). The van der Waals surface area contributed by atoms with Crippen molar-refractivity contribution in [2.75, 3.05) is 7.11 Å². The molecular weight excluding hydrogens is 378 g/mol. The van der Waals surface area contributed by atoms with Crippen molar-refractivity contribution >= 4 is 18.2 Å². The molecule has 1 amide bonds. The molecule has 0 spiro atoms. The van der Waals surface area contributed by atoms with Crippen LogP contribution >= 0.6 is 0 Å². The topological polar surface area (TPSA) is 95.9 Å². The predicted octanol–water partition coefficient (Wildman–Crippen LogP) is 3.65. The maximum absolute atomic E-state index is 14.7. The molecule has 1 heterocycles. The van der Waals surface area contributed by atoms with E-state index < -0.39 is 41.3 Å². The summed E-state index contributed by atoms with van der Waals surface area (Å²) in [6.07, 6.45) is -0.970. The van der Waals surface area contributed by atoms with Gasteiger partial charge in [-0.25, -0.2) is 14.4 Å². The molecule has 0 aliphatic carbocycles. The van der Waals surface area contributed by atoms with Gasteiger partial charge < -0.3 is 19.5 Å². The molecule has 1 aromatic heterocycles. The van der Waals surface area contributed by atoms with Gasteiger partial charge in [0.2, 0.25) is 0 Å². The Bertz CT molecular complexity index is 731. The normalized spacial score (nSPS) is 13.5. The molecular formula is C18H26F2N2O6. The molecule has 0 radical (unpaired) electrons. The third kappa shape index (κ3) is 6.21. The van der Waals surface area contributed by atoms with Crippen LogP contribution < -0.4 is 5.32 Å². The minimum atomic E-state index is -4.19. The zero-order valence-electron chi connectivity index (χ0n) is 17.0. The fourth-order valence-electron chi connectivity index (χ4n) is 2.14. The van der Waals surface area contributed by atoms with Gasteiger partial charge in [-0.15, -0.1) is 0 Å². The van der Waals surface area contributed by atoms with Crippen LogP contribution in [0.2, 0.25) is 0 Å². The number of ether oxygens (including phenoxy) is 3. The first-order valence-corrected chi connectivity index (χ1v) is 8.45. The molecule has 1 N–H and O–H groups in total. The van der Waals surface area contributed by atoms with Crippen molar-refractivity contribution in [3.8, 4) is 0 Å². The second kappa shape index (κ2) is 8.15. The van der Waals surface area contributed by atoms with E-state index in [1.165, 1.54) is 12.3 Å². The standard InChI is InChI=1S/C18H26F2N2O6/c1-16(2,3)27-14(24)21-12(18(19,20)13(23)26-7)11-9-8-10-22(11)15(25)28-17(4,5)6/h8-10,12H,1-7H3,(H,21,24). The van der Waals surface area contributed by atoms with Gasteiger partial charge in [0.15, 0.2) is 0 Å². The molecule has 1 unspecified atom stereocenters. The highest BCUT2D eigenvalue weighted by atomic mass is 19.3. The number of carbonyl (C=O) groups excluding carboxylic acids is 3. The zero-order valence-corrected chi connectivity index (χ0v) is 17.0. The van der Waals surface area contributed by atoms with Crippen molar-refractivity contribution in [2.45, 2.75) is 64.7 Å². The van der Waals surface area contributed by atoms with E-state index in [-0.39, 0.29) is 5.69 Å². The van der Waals surface area contributed by atoms with E-state index in [2.05, 4.69) is 4.74 Å². The summed E-state index contributed by atoms with van der Waals surface area (Å²) >= 11 is 0. The number of rotatable bonds is 4. The van der Waals surface area contributed by atoms with Crippen LogP contribution in [0, 0.1) is 0 Å². The van der Waals surface area contributed by atoms with E-state index in [4.69, 9.17) is 9.47 Å². The van der Waals surface area contributed by atoms with E-state index >= 15 is 0 Å². The van der Waals surface area contributed by atoms with Crippen molar-refractivity contribution < 1.29 is 37.4 Å². The van der Waals surface area contributed by atoms with Gasteiger partial charge in [-0.2, -0.15) is 8.78 Å². The largest absolute Gasteiger partial charge is 0.465 e. The van der Waals surface area contributed by atoms with Gasteiger partial charge in [-0.05, 0) is 53.7 Å². The Kier molecular flexibility index (Phi) is 6.81. The molecule has 0 aromatic carbocycles. The summed E-state index contributed by atoms with van der Waals surface area (Å²) < 4.78 is 44.5. The van der Waals surface area contributed by atoms with Crippen LogP contribution in [0.4, 0.5) is 18.4 Å². The van der Waals surface area contributed by atoms with E-state index in [9.17, 15) is 23.2 Å². The summed E-state index contributed by atoms with van der Waals surface area (Å²) in [5.41, 5.74) is -2.24. The third-order valence-corrected chi connectivity index (χ3v) is 3.15. The number of carbonyl (C=O) groups is 3. The summed E-state index contributed by atoms with van der Waals surface area (Å²) in [5.74, 6) is -6.07. The minimum absolute atomic E-state index is 0.379. The van der Waals surface area contributed by atoms with E-state index in [0.717, 1.165) is 17.7 Å². The van der Waals surface area contributed by atoms with Crippen LogP contribution in [0.15, 0.2) is 18.3 Å². The van der Waals surface area contributed by atoms with E-state index in [1.54, 1.807) is 41.5 Å². The van der Waals surface area contributed by atoms with Crippen molar-refractivity contribution in [3.05, 3.63) is 24.0 Å². The van der Waals surface area contributed by atoms with Crippen molar-refractivity contribution in [1.29, 1.82) is 0 Å². The highest BCUT2D eigenvalue weighted by Gasteiger charge is 2.52. The number of nitrogens with zero attached hydrogens (tertiary/aromatic N) is 1. The number of alkyl carbamates (subject to hydrolysis) is 1. The number of hydrogen-bond donors (Lipinski definition) is 1. The number of aromatic nitrogens is 1. The lowest BCUT2D eigenvalue weighted by atomic mass is 10.1. The SMILES string of the molecule is COC(=O)C(F)(F)C(NC(=O)OC(C)(C)C)c1cccn1C(=O)OC(C)(C)C. The number of esters is 1. The Morgan fingerprint density at radius 1 is 1.04 bits per heavy atom. The fourth-order valence-corrected chi connectivity index (χ4v) is 2.14. The number of halogens is 2. The average Bonchev–Trinajstić information content (AvgIpc) is 2.97. The number of amides is 1. The molecule has 158 valence electrons. The Balaban J connectivity index is 3.34. The lowest BCUT2D eigenvalue weighted by molar-refractivity contribution is -0.173. The molecule has 8 nitrogen and oxygen atoms in total. The quantitative estimate of drug-likeness (QED) is 0.608. The molecule has 28 heavy (non-hydrogen) atoms. The Hall–Kier alpha value is -2.65. The van der Waals surface area contributed by atoms with Crippen LogP contribution in [-0.2, 0) is 19.0 Å². The molecule has 0 saturated heterocycles. The monoisotopic (exact) mass is 404 g/mol. The highest BCUT2D eigenvalue weighted by Crippen LogP contribution is 2.33. The Morgan fingerprint density at radius 3 is 2.04 bits per heavy atom. The van der Waals surface area contributed by atoms with Gasteiger partial charge >= 0.3 is 24.1 Å². The van der Waals surface area contributed by atoms with Gasteiger partial charge in [-0.1, -0.05) is 0 Å². The number of alkyl halides is 2. The highest BCUT2D eigenvalue weighted by molar-refractivity contribution is 5.81. The summed E-state index contributed by atoms with van der Waals surface area (Å²) in [6, 6.07) is 0.219. The van der Waals surface area contributed by atoms with Crippen LogP contribution in [0.5, 0.6) is 0 Å². The molecule has 1 atom stereocenters. The van der Waals surface area contributed by atoms with Crippen LogP contribution in [0.25, 0.3) is 0 Å². The van der Waals surface area contributed by atoms with Gasteiger partial charge in [0, 0.05) is 6.20 Å². The van der Waals surface area contributed by atoms with Crippen LogP contribution in [-0.4, -0.2) is 47.0 Å². The Morgan fingerprint density at radius 2 is 1.57 bits per heavy atom. The van der Waals surface area contributed by atoms with E-state index in [0.29, 0.717) is 0 Å². The lowest BCUT2D eigenvalue weighted by Gasteiger charge is -2.28. The first kappa shape index (κ1) is 23.4. The second-order valence-corrected chi connectivity index (χ2v) is 7.98. The molecule has 0 fully saturated rings. The first-order chi connectivity index (χ1) is 12.6. The van der Waals surface area contributed by atoms with Crippen LogP contribution in [0.1, 0.15) is 53.3 Å². The number of methoxy groups -OCH3 is 1. The summed E-state index contributed by atoms with van der Waals surface area (Å²) in [4.78, 5) is 36.1. The predicted molar refractivity (Wildman–Crippen MR) is 95.1 cm³/mol. The molecule has 1 aromatic rings. The number of nitrogens with one attached hydrogen (secondary N) is 1.